The number of carboxylic acids is 1. The van der Waals surface area contributed by atoms with E-state index in [0.717, 1.165) is 22.6 Å². The number of thiazole rings is 1. The van der Waals surface area contributed by atoms with Gasteiger partial charge < -0.3 is 10.4 Å². The van der Waals surface area contributed by atoms with Crippen LogP contribution in [0.4, 0.5) is 5.13 Å². The molecule has 0 aliphatic carbocycles. The van der Waals surface area contributed by atoms with E-state index in [9.17, 15) is 4.79 Å². The van der Waals surface area contributed by atoms with Crippen LogP contribution < -0.4 is 5.32 Å². The monoisotopic (exact) mass is 249 g/mol. The third-order valence-electron chi connectivity index (χ3n) is 2.24. The SMILES string of the molecule is Cc1cccnc1CNc1ncc(C(=O)O)s1. The Labute approximate surface area is 102 Å². The predicted molar refractivity (Wildman–Crippen MR) is 65.4 cm³/mol. The molecule has 0 bridgehead atoms. The average Bonchev–Trinajstić information content (AvgIpc) is 2.77. The highest BCUT2D eigenvalue weighted by Gasteiger charge is 2.08. The number of aromatic carboxylic acids is 1. The van der Waals surface area contributed by atoms with Gasteiger partial charge in [0.15, 0.2) is 5.13 Å². The third kappa shape index (κ3) is 2.79. The number of aromatic nitrogens is 2. The van der Waals surface area contributed by atoms with Gasteiger partial charge in [0.05, 0.1) is 18.4 Å². The van der Waals surface area contributed by atoms with Gasteiger partial charge in [-0.1, -0.05) is 17.4 Å². The number of anilines is 1. The highest BCUT2D eigenvalue weighted by Crippen LogP contribution is 2.18. The minimum Gasteiger partial charge on any atom is -0.477 e. The number of carbonyl (C=O) groups is 1. The number of nitrogens with one attached hydrogen (secondary N) is 1. The van der Waals surface area contributed by atoms with Gasteiger partial charge in [0.2, 0.25) is 0 Å². The lowest BCUT2D eigenvalue weighted by atomic mass is 10.2. The van der Waals surface area contributed by atoms with Gasteiger partial charge in [-0.05, 0) is 18.6 Å². The van der Waals surface area contributed by atoms with Gasteiger partial charge in [-0.15, -0.1) is 0 Å². The Morgan fingerprint density at radius 2 is 2.35 bits per heavy atom. The van der Waals surface area contributed by atoms with E-state index in [1.54, 1.807) is 6.20 Å². The van der Waals surface area contributed by atoms with Crippen molar-refractivity contribution in [2.75, 3.05) is 5.32 Å². The topological polar surface area (TPSA) is 75.1 Å². The van der Waals surface area contributed by atoms with Crippen molar-refractivity contribution in [3.8, 4) is 0 Å². The molecule has 2 rings (SSSR count). The van der Waals surface area contributed by atoms with Gasteiger partial charge in [0.1, 0.15) is 4.88 Å². The Morgan fingerprint density at radius 3 is 3.00 bits per heavy atom. The zero-order chi connectivity index (χ0) is 12.3. The molecular weight excluding hydrogens is 238 g/mol. The summed E-state index contributed by atoms with van der Waals surface area (Å²) in [6.45, 7) is 2.52. The highest BCUT2D eigenvalue weighted by atomic mass is 32.1. The van der Waals surface area contributed by atoms with Crippen molar-refractivity contribution in [2.24, 2.45) is 0 Å². The van der Waals surface area contributed by atoms with E-state index in [2.05, 4.69) is 15.3 Å². The molecule has 0 amide bonds. The Bertz CT molecular complexity index is 539. The van der Waals surface area contributed by atoms with Crippen molar-refractivity contribution in [3.63, 3.8) is 0 Å². The van der Waals surface area contributed by atoms with Crippen molar-refractivity contribution in [3.05, 3.63) is 40.7 Å². The van der Waals surface area contributed by atoms with Crippen LogP contribution in [0.1, 0.15) is 20.9 Å². The molecule has 0 aromatic carbocycles. The van der Waals surface area contributed by atoms with Gasteiger partial charge in [0, 0.05) is 6.20 Å². The average molecular weight is 249 g/mol. The van der Waals surface area contributed by atoms with Crippen LogP contribution >= 0.6 is 11.3 Å². The number of pyridine rings is 1. The van der Waals surface area contributed by atoms with E-state index in [4.69, 9.17) is 5.11 Å². The summed E-state index contributed by atoms with van der Waals surface area (Å²) < 4.78 is 0. The first kappa shape index (κ1) is 11.5. The van der Waals surface area contributed by atoms with Crippen LogP contribution in [0.2, 0.25) is 0 Å². The summed E-state index contributed by atoms with van der Waals surface area (Å²) in [4.78, 5) is 19.1. The first-order valence-electron chi connectivity index (χ1n) is 5.00. The van der Waals surface area contributed by atoms with Crippen molar-refractivity contribution in [2.45, 2.75) is 13.5 Å². The first-order valence-corrected chi connectivity index (χ1v) is 5.82. The number of nitrogens with zero attached hydrogens (tertiary/aromatic N) is 2. The maximum atomic E-state index is 10.7. The Hall–Kier alpha value is -1.95. The van der Waals surface area contributed by atoms with Gasteiger partial charge >= 0.3 is 5.97 Å². The van der Waals surface area contributed by atoms with Crippen LogP contribution in [0.5, 0.6) is 0 Å². The third-order valence-corrected chi connectivity index (χ3v) is 3.18. The molecule has 5 nitrogen and oxygen atoms in total. The molecule has 0 saturated heterocycles. The fourth-order valence-electron chi connectivity index (χ4n) is 1.32. The molecule has 0 spiro atoms. The second-order valence-electron chi connectivity index (χ2n) is 3.46. The Morgan fingerprint density at radius 1 is 1.53 bits per heavy atom. The first-order chi connectivity index (χ1) is 8.16. The number of aryl methyl sites for hydroxylation is 1. The second-order valence-corrected chi connectivity index (χ2v) is 4.49. The maximum Gasteiger partial charge on any atom is 0.347 e. The second kappa shape index (κ2) is 4.92. The minimum absolute atomic E-state index is 0.227. The zero-order valence-electron chi connectivity index (χ0n) is 9.17. The fourth-order valence-corrected chi connectivity index (χ4v) is 1.97. The smallest absolute Gasteiger partial charge is 0.347 e. The molecule has 88 valence electrons. The normalized spacial score (nSPS) is 10.2. The van der Waals surface area contributed by atoms with Gasteiger partial charge in [-0.3, -0.25) is 4.98 Å². The molecule has 0 atom stereocenters. The molecule has 6 heteroatoms. The molecule has 17 heavy (non-hydrogen) atoms. The molecule has 0 radical (unpaired) electrons. The molecule has 0 unspecified atom stereocenters. The summed E-state index contributed by atoms with van der Waals surface area (Å²) in [6, 6.07) is 3.86. The lowest BCUT2D eigenvalue weighted by molar-refractivity contribution is 0.0702. The van der Waals surface area contributed by atoms with E-state index in [0.29, 0.717) is 11.7 Å². The molecule has 0 aliphatic rings. The van der Waals surface area contributed by atoms with E-state index in [1.165, 1.54) is 6.20 Å². The van der Waals surface area contributed by atoms with Gasteiger partial charge in [-0.25, -0.2) is 9.78 Å². The standard InChI is InChI=1S/C11H11N3O2S/c1-7-3-2-4-12-8(7)5-13-11-14-6-9(17-11)10(15)16/h2-4,6H,5H2,1H3,(H,13,14)(H,15,16). The number of rotatable bonds is 4. The molecule has 0 aliphatic heterocycles. The lowest BCUT2D eigenvalue weighted by Crippen LogP contribution is -2.02. The Kier molecular flexibility index (Phi) is 3.34. The van der Waals surface area contributed by atoms with Gasteiger partial charge in [0.25, 0.3) is 0 Å². The highest BCUT2D eigenvalue weighted by molar-refractivity contribution is 7.17. The zero-order valence-corrected chi connectivity index (χ0v) is 9.99. The van der Waals surface area contributed by atoms with E-state index >= 15 is 0 Å². The van der Waals surface area contributed by atoms with Crippen molar-refractivity contribution < 1.29 is 9.90 Å². The Balaban J connectivity index is 2.02. The van der Waals surface area contributed by atoms with Crippen LogP contribution in [0.25, 0.3) is 0 Å². The molecular formula is C11H11N3O2S. The van der Waals surface area contributed by atoms with Crippen LogP contribution in [0.15, 0.2) is 24.5 Å². The summed E-state index contributed by atoms with van der Waals surface area (Å²) in [7, 11) is 0. The van der Waals surface area contributed by atoms with Crippen LogP contribution in [0.3, 0.4) is 0 Å². The van der Waals surface area contributed by atoms with Crippen LogP contribution in [0, 0.1) is 6.92 Å². The van der Waals surface area contributed by atoms with Crippen molar-refractivity contribution >= 4 is 22.4 Å². The number of hydrogen-bond donors (Lipinski definition) is 2. The summed E-state index contributed by atoms with van der Waals surface area (Å²) in [6.07, 6.45) is 3.08. The fraction of sp³-hybridized carbons (Fsp3) is 0.182. The summed E-state index contributed by atoms with van der Waals surface area (Å²) in [5.74, 6) is -0.954. The summed E-state index contributed by atoms with van der Waals surface area (Å²) in [5, 5.41) is 12.4. The molecule has 2 heterocycles. The lowest BCUT2D eigenvalue weighted by Gasteiger charge is -2.04. The maximum absolute atomic E-state index is 10.7. The van der Waals surface area contributed by atoms with Crippen molar-refractivity contribution in [1.29, 1.82) is 0 Å². The molecule has 2 aromatic rings. The minimum atomic E-state index is -0.954. The van der Waals surface area contributed by atoms with E-state index in [1.807, 2.05) is 19.1 Å². The number of hydrogen-bond acceptors (Lipinski definition) is 5. The molecule has 2 N–H and O–H groups in total. The predicted octanol–water partition coefficient (Wildman–Crippen LogP) is 2.16. The molecule has 2 aromatic heterocycles. The summed E-state index contributed by atoms with van der Waals surface area (Å²) >= 11 is 1.12. The van der Waals surface area contributed by atoms with E-state index < -0.39 is 5.97 Å². The summed E-state index contributed by atoms with van der Waals surface area (Å²) in [5.41, 5.74) is 2.02. The van der Waals surface area contributed by atoms with Gasteiger partial charge in [-0.2, -0.15) is 0 Å². The van der Waals surface area contributed by atoms with Crippen LogP contribution in [-0.4, -0.2) is 21.0 Å². The largest absolute Gasteiger partial charge is 0.477 e. The molecule has 0 fully saturated rings. The van der Waals surface area contributed by atoms with E-state index in [-0.39, 0.29) is 4.88 Å². The number of carboxylic acid groups (broad SMARTS) is 1. The van der Waals surface area contributed by atoms with Crippen LogP contribution in [-0.2, 0) is 6.54 Å². The molecule has 0 saturated carbocycles. The quantitative estimate of drug-likeness (QED) is 0.868. The van der Waals surface area contributed by atoms with Crippen molar-refractivity contribution in [1.82, 2.24) is 9.97 Å².